The fourth-order valence-electron chi connectivity index (χ4n) is 2.62. The van der Waals surface area contributed by atoms with Crippen molar-refractivity contribution in [2.24, 2.45) is 5.73 Å². The summed E-state index contributed by atoms with van der Waals surface area (Å²) in [6.07, 6.45) is 0. The Labute approximate surface area is 128 Å². The molecule has 1 aliphatic heterocycles. The number of hydrogen-bond acceptors (Lipinski definition) is 2. The van der Waals surface area contributed by atoms with Gasteiger partial charge in [0.25, 0.3) is 0 Å². The SMILES string of the molecule is CC1(C)COc2ccc(C(N)c3cccc(Br)c3)cc21. The van der Waals surface area contributed by atoms with E-state index in [0.29, 0.717) is 0 Å². The summed E-state index contributed by atoms with van der Waals surface area (Å²) in [7, 11) is 0. The van der Waals surface area contributed by atoms with Gasteiger partial charge < -0.3 is 10.5 Å². The zero-order valence-corrected chi connectivity index (χ0v) is 13.3. The highest BCUT2D eigenvalue weighted by Crippen LogP contribution is 2.40. The van der Waals surface area contributed by atoms with Crippen LogP contribution in [-0.2, 0) is 5.41 Å². The third-order valence-electron chi connectivity index (χ3n) is 3.89. The Bertz CT molecular complexity index is 651. The monoisotopic (exact) mass is 331 g/mol. The molecule has 1 unspecified atom stereocenters. The number of nitrogens with two attached hydrogens (primary N) is 1. The number of ether oxygens (including phenoxy) is 1. The Hall–Kier alpha value is -1.32. The largest absolute Gasteiger partial charge is 0.492 e. The average molecular weight is 332 g/mol. The summed E-state index contributed by atoms with van der Waals surface area (Å²) in [5.41, 5.74) is 9.95. The first-order valence-electron chi connectivity index (χ1n) is 6.76. The molecular formula is C17H18BrNO. The highest BCUT2D eigenvalue weighted by Gasteiger charge is 2.32. The van der Waals surface area contributed by atoms with Gasteiger partial charge in [0.1, 0.15) is 5.75 Å². The predicted octanol–water partition coefficient (Wildman–Crippen LogP) is 4.17. The molecule has 0 amide bonds. The number of fused-ring (bicyclic) bond motifs is 1. The van der Waals surface area contributed by atoms with Crippen LogP contribution in [0.25, 0.3) is 0 Å². The number of halogens is 1. The first-order valence-corrected chi connectivity index (χ1v) is 7.55. The maximum Gasteiger partial charge on any atom is 0.123 e. The maximum atomic E-state index is 6.41. The van der Waals surface area contributed by atoms with E-state index in [9.17, 15) is 0 Å². The summed E-state index contributed by atoms with van der Waals surface area (Å²) in [4.78, 5) is 0. The molecule has 1 heterocycles. The highest BCUT2D eigenvalue weighted by atomic mass is 79.9. The molecule has 2 aromatic carbocycles. The van der Waals surface area contributed by atoms with Gasteiger partial charge in [0.05, 0.1) is 12.6 Å². The summed E-state index contributed by atoms with van der Waals surface area (Å²) in [5.74, 6) is 0.986. The quantitative estimate of drug-likeness (QED) is 0.896. The molecule has 3 heteroatoms. The Morgan fingerprint density at radius 1 is 1.15 bits per heavy atom. The topological polar surface area (TPSA) is 35.2 Å². The van der Waals surface area contributed by atoms with Crippen LogP contribution in [0.1, 0.15) is 36.6 Å². The molecule has 3 rings (SSSR count). The molecule has 0 bridgehead atoms. The summed E-state index contributed by atoms with van der Waals surface area (Å²) >= 11 is 3.50. The van der Waals surface area contributed by atoms with Gasteiger partial charge >= 0.3 is 0 Å². The Balaban J connectivity index is 1.99. The minimum Gasteiger partial charge on any atom is -0.492 e. The van der Waals surface area contributed by atoms with Crippen LogP contribution < -0.4 is 10.5 Å². The van der Waals surface area contributed by atoms with Gasteiger partial charge in [0, 0.05) is 15.5 Å². The van der Waals surface area contributed by atoms with Gasteiger partial charge in [-0.05, 0) is 35.4 Å². The van der Waals surface area contributed by atoms with Crippen molar-refractivity contribution in [3.05, 3.63) is 63.6 Å². The molecule has 0 fully saturated rings. The zero-order valence-electron chi connectivity index (χ0n) is 11.7. The van der Waals surface area contributed by atoms with Crippen molar-refractivity contribution in [2.45, 2.75) is 25.3 Å². The third kappa shape index (κ3) is 2.36. The Kier molecular flexibility index (Phi) is 3.35. The normalized spacial score (nSPS) is 17.4. The first-order chi connectivity index (χ1) is 9.47. The number of hydrogen-bond donors (Lipinski definition) is 1. The van der Waals surface area contributed by atoms with E-state index in [-0.39, 0.29) is 11.5 Å². The first kappa shape index (κ1) is 13.7. The molecule has 0 saturated heterocycles. The molecule has 2 N–H and O–H groups in total. The predicted molar refractivity (Wildman–Crippen MR) is 85.1 cm³/mol. The van der Waals surface area contributed by atoms with E-state index in [1.807, 2.05) is 18.2 Å². The Morgan fingerprint density at radius 2 is 1.90 bits per heavy atom. The third-order valence-corrected chi connectivity index (χ3v) is 4.38. The lowest BCUT2D eigenvalue weighted by Crippen LogP contribution is -2.19. The van der Waals surface area contributed by atoms with Gasteiger partial charge in [0.15, 0.2) is 0 Å². The summed E-state index contributed by atoms with van der Waals surface area (Å²) < 4.78 is 6.78. The van der Waals surface area contributed by atoms with Crippen LogP contribution in [0.3, 0.4) is 0 Å². The lowest BCUT2D eigenvalue weighted by molar-refractivity contribution is 0.291. The molecule has 0 aromatic heterocycles. The van der Waals surface area contributed by atoms with Gasteiger partial charge in [-0.25, -0.2) is 0 Å². The summed E-state index contributed by atoms with van der Waals surface area (Å²) in [6, 6.07) is 14.3. The van der Waals surface area contributed by atoms with Crippen LogP contribution in [-0.4, -0.2) is 6.61 Å². The van der Waals surface area contributed by atoms with Crippen LogP contribution in [0.5, 0.6) is 5.75 Å². The van der Waals surface area contributed by atoms with Crippen LogP contribution in [0, 0.1) is 0 Å². The van der Waals surface area contributed by atoms with Crippen LogP contribution in [0.2, 0.25) is 0 Å². The van der Waals surface area contributed by atoms with Crippen molar-refractivity contribution < 1.29 is 4.74 Å². The molecule has 2 nitrogen and oxygen atoms in total. The van der Waals surface area contributed by atoms with Crippen LogP contribution >= 0.6 is 15.9 Å². The van der Waals surface area contributed by atoms with Crippen molar-refractivity contribution in [3.63, 3.8) is 0 Å². The minimum atomic E-state index is -0.116. The van der Waals surface area contributed by atoms with Crippen molar-refractivity contribution in [2.75, 3.05) is 6.61 Å². The number of benzene rings is 2. The Morgan fingerprint density at radius 3 is 2.65 bits per heavy atom. The standard InChI is InChI=1S/C17H18BrNO/c1-17(2)10-20-15-7-6-12(9-14(15)17)16(19)11-4-3-5-13(18)8-11/h3-9,16H,10,19H2,1-2H3. The van der Waals surface area contributed by atoms with Crippen molar-refractivity contribution in [1.82, 2.24) is 0 Å². The van der Waals surface area contributed by atoms with Gasteiger partial charge in [-0.2, -0.15) is 0 Å². The van der Waals surface area contributed by atoms with Gasteiger partial charge in [-0.15, -0.1) is 0 Å². The van der Waals surface area contributed by atoms with Gasteiger partial charge in [-0.3, -0.25) is 0 Å². The minimum absolute atomic E-state index is 0.0579. The van der Waals surface area contributed by atoms with Crippen LogP contribution in [0.15, 0.2) is 46.9 Å². The van der Waals surface area contributed by atoms with E-state index in [2.05, 4.69) is 54.0 Å². The highest BCUT2D eigenvalue weighted by molar-refractivity contribution is 9.10. The second kappa shape index (κ2) is 4.90. The van der Waals surface area contributed by atoms with E-state index in [4.69, 9.17) is 10.5 Å². The lowest BCUT2D eigenvalue weighted by Gasteiger charge is -2.18. The molecule has 0 radical (unpaired) electrons. The van der Waals surface area contributed by atoms with Gasteiger partial charge in [0.2, 0.25) is 0 Å². The zero-order chi connectivity index (χ0) is 14.3. The maximum absolute atomic E-state index is 6.41. The second-order valence-corrected chi connectivity index (χ2v) is 6.88. The molecule has 0 spiro atoms. The number of rotatable bonds is 2. The van der Waals surface area contributed by atoms with Crippen LogP contribution in [0.4, 0.5) is 0 Å². The molecule has 0 aliphatic carbocycles. The van der Waals surface area contributed by atoms with E-state index in [0.717, 1.165) is 28.0 Å². The smallest absolute Gasteiger partial charge is 0.123 e. The lowest BCUT2D eigenvalue weighted by atomic mass is 9.85. The molecule has 1 aliphatic rings. The van der Waals surface area contributed by atoms with Crippen molar-refractivity contribution >= 4 is 15.9 Å². The molecule has 2 aromatic rings. The van der Waals surface area contributed by atoms with E-state index >= 15 is 0 Å². The van der Waals surface area contributed by atoms with E-state index < -0.39 is 0 Å². The van der Waals surface area contributed by atoms with E-state index in [1.165, 1.54) is 5.56 Å². The molecule has 1 atom stereocenters. The molecular weight excluding hydrogens is 314 g/mol. The van der Waals surface area contributed by atoms with E-state index in [1.54, 1.807) is 0 Å². The summed E-state index contributed by atoms with van der Waals surface area (Å²) in [5, 5.41) is 0. The second-order valence-electron chi connectivity index (χ2n) is 5.96. The molecule has 104 valence electrons. The van der Waals surface area contributed by atoms with Gasteiger partial charge in [-0.1, -0.05) is 48.0 Å². The fourth-order valence-corrected chi connectivity index (χ4v) is 3.04. The molecule has 20 heavy (non-hydrogen) atoms. The van der Waals surface area contributed by atoms with Crippen molar-refractivity contribution in [3.8, 4) is 5.75 Å². The molecule has 0 saturated carbocycles. The summed E-state index contributed by atoms with van der Waals surface area (Å²) in [6.45, 7) is 5.14. The van der Waals surface area contributed by atoms with Crippen molar-refractivity contribution in [1.29, 1.82) is 0 Å². The average Bonchev–Trinajstić information content (AvgIpc) is 2.73. The fraction of sp³-hybridized carbons (Fsp3) is 0.294.